The van der Waals surface area contributed by atoms with Gasteiger partial charge in [0.1, 0.15) is 6.04 Å². The predicted octanol–water partition coefficient (Wildman–Crippen LogP) is 0.977. The molecule has 0 radical (unpaired) electrons. The lowest BCUT2D eigenvalue weighted by molar-refractivity contribution is -0.165. The second-order valence-electron chi connectivity index (χ2n) is 5.68. The summed E-state index contributed by atoms with van der Waals surface area (Å²) in [5, 5.41) is 0. The van der Waals surface area contributed by atoms with Gasteiger partial charge in [-0.3, -0.25) is 14.4 Å². The quantitative estimate of drug-likeness (QED) is 0.761. The van der Waals surface area contributed by atoms with Crippen LogP contribution in [0.1, 0.15) is 24.8 Å². The first-order chi connectivity index (χ1) is 10.1. The van der Waals surface area contributed by atoms with Gasteiger partial charge in [0, 0.05) is 20.0 Å². The number of rotatable bonds is 2. The third-order valence-electron chi connectivity index (χ3n) is 4.31. The number of amides is 2. The second kappa shape index (κ2) is 5.31. The van der Waals surface area contributed by atoms with E-state index in [2.05, 4.69) is 0 Å². The van der Waals surface area contributed by atoms with Gasteiger partial charge in [0.05, 0.1) is 0 Å². The van der Waals surface area contributed by atoms with Crippen LogP contribution in [0.3, 0.4) is 0 Å². The van der Waals surface area contributed by atoms with Gasteiger partial charge < -0.3 is 9.80 Å². The summed E-state index contributed by atoms with van der Waals surface area (Å²) < 4.78 is 0. The molecule has 0 aliphatic carbocycles. The van der Waals surface area contributed by atoms with Crippen LogP contribution in [-0.4, -0.2) is 46.5 Å². The minimum atomic E-state index is -0.933. The molecule has 0 saturated carbocycles. The Balaban J connectivity index is 1.94. The molecular formula is C16H18N2O3. The van der Waals surface area contributed by atoms with Crippen LogP contribution in [-0.2, 0) is 20.9 Å². The highest BCUT2D eigenvalue weighted by Gasteiger charge is 2.48. The first-order valence-electron chi connectivity index (χ1n) is 7.23. The van der Waals surface area contributed by atoms with Gasteiger partial charge in [0.15, 0.2) is 11.8 Å². The van der Waals surface area contributed by atoms with Crippen molar-refractivity contribution < 1.29 is 14.4 Å². The highest BCUT2D eigenvalue weighted by molar-refractivity contribution is 6.11. The topological polar surface area (TPSA) is 57.7 Å². The fraction of sp³-hybridized carbons (Fsp3) is 0.438. The van der Waals surface area contributed by atoms with E-state index in [1.165, 1.54) is 4.90 Å². The first-order valence-corrected chi connectivity index (χ1v) is 7.23. The van der Waals surface area contributed by atoms with Crippen LogP contribution in [0.15, 0.2) is 30.3 Å². The molecule has 3 saturated heterocycles. The number of hydrogen-bond acceptors (Lipinski definition) is 3. The molecule has 1 aromatic rings. The summed E-state index contributed by atoms with van der Waals surface area (Å²) in [7, 11) is 1.56. The Morgan fingerprint density at radius 3 is 2.52 bits per heavy atom. The molecule has 5 nitrogen and oxygen atoms in total. The Hall–Kier alpha value is -2.17. The number of piperazine rings is 1. The average Bonchev–Trinajstić information content (AvgIpc) is 2.47. The number of hydrogen-bond donors (Lipinski definition) is 0. The molecule has 2 amide bonds. The van der Waals surface area contributed by atoms with Crippen LogP contribution in [0.2, 0.25) is 0 Å². The van der Waals surface area contributed by atoms with E-state index in [9.17, 15) is 14.4 Å². The third kappa shape index (κ3) is 2.33. The number of Topliss-reactive ketones (excluding diaryl/α,β-unsaturated/α-hetero) is 1. The van der Waals surface area contributed by atoms with Gasteiger partial charge in [-0.15, -0.1) is 0 Å². The zero-order valence-corrected chi connectivity index (χ0v) is 12.0. The SMILES string of the molecule is CN1C(=O)[C@H]2CCCC(=O)[C@@H]1C(=O)N2Cc1ccccc1. The van der Waals surface area contributed by atoms with Crippen LogP contribution >= 0.6 is 0 Å². The fourth-order valence-corrected chi connectivity index (χ4v) is 3.18. The second-order valence-corrected chi connectivity index (χ2v) is 5.68. The van der Waals surface area contributed by atoms with Crippen molar-refractivity contribution in [3.05, 3.63) is 35.9 Å². The summed E-state index contributed by atoms with van der Waals surface area (Å²) >= 11 is 0. The number of benzene rings is 1. The standard InChI is InChI=1S/C16H18N2O3/c1-17-14-13(19)9-5-8-12(15(17)20)18(16(14)21)10-11-6-3-2-4-7-11/h2-4,6-7,12,14H,5,8-10H2,1H3/t12-,14-/m1/s1. The summed E-state index contributed by atoms with van der Waals surface area (Å²) in [5.74, 6) is -0.508. The molecule has 4 rings (SSSR count). The van der Waals surface area contributed by atoms with Crippen molar-refractivity contribution >= 4 is 17.6 Å². The molecular weight excluding hydrogens is 268 g/mol. The molecule has 3 fully saturated rings. The van der Waals surface area contributed by atoms with E-state index in [1.54, 1.807) is 11.9 Å². The summed E-state index contributed by atoms with van der Waals surface area (Å²) in [6.45, 7) is 0.383. The lowest BCUT2D eigenvalue weighted by atomic mass is 9.91. The molecule has 1 aromatic carbocycles. The Kier molecular flexibility index (Phi) is 3.49. The highest BCUT2D eigenvalue weighted by atomic mass is 16.2. The number of likely N-dealkylation sites (N-methyl/N-ethyl adjacent to an activating group) is 1. The lowest BCUT2D eigenvalue weighted by Gasteiger charge is -2.44. The predicted molar refractivity (Wildman–Crippen MR) is 76.2 cm³/mol. The van der Waals surface area contributed by atoms with Gasteiger partial charge >= 0.3 is 0 Å². The maximum absolute atomic E-state index is 12.6. The van der Waals surface area contributed by atoms with E-state index < -0.39 is 12.1 Å². The maximum atomic E-state index is 12.6. The molecule has 3 aliphatic heterocycles. The summed E-state index contributed by atoms with van der Waals surface area (Å²) in [6.07, 6.45) is 1.60. The molecule has 3 aliphatic rings. The molecule has 3 heterocycles. The Bertz CT molecular complexity index is 584. The third-order valence-corrected chi connectivity index (χ3v) is 4.31. The Labute approximate surface area is 123 Å². The van der Waals surface area contributed by atoms with E-state index in [0.29, 0.717) is 25.8 Å². The zero-order chi connectivity index (χ0) is 15.0. The monoisotopic (exact) mass is 286 g/mol. The minimum Gasteiger partial charge on any atom is -0.325 e. The van der Waals surface area contributed by atoms with Crippen molar-refractivity contribution in [3.8, 4) is 0 Å². The van der Waals surface area contributed by atoms with Crippen molar-refractivity contribution in [2.45, 2.75) is 37.9 Å². The zero-order valence-electron chi connectivity index (χ0n) is 12.0. The molecule has 5 heteroatoms. The van der Waals surface area contributed by atoms with E-state index >= 15 is 0 Å². The van der Waals surface area contributed by atoms with Crippen molar-refractivity contribution in [2.75, 3.05) is 7.05 Å². The van der Waals surface area contributed by atoms with Crippen molar-refractivity contribution in [1.29, 1.82) is 0 Å². The van der Waals surface area contributed by atoms with E-state index in [4.69, 9.17) is 0 Å². The van der Waals surface area contributed by atoms with Gasteiger partial charge in [-0.1, -0.05) is 30.3 Å². The summed E-state index contributed by atoms with van der Waals surface area (Å²) in [6, 6.07) is 8.20. The van der Waals surface area contributed by atoms with Crippen LogP contribution in [0.25, 0.3) is 0 Å². The van der Waals surface area contributed by atoms with Crippen LogP contribution in [0.4, 0.5) is 0 Å². The number of nitrogens with zero attached hydrogens (tertiary/aromatic N) is 2. The maximum Gasteiger partial charge on any atom is 0.254 e. The van der Waals surface area contributed by atoms with Gasteiger partial charge in [-0.05, 0) is 18.4 Å². The number of carbonyl (C=O) groups is 3. The summed E-state index contributed by atoms with van der Waals surface area (Å²) in [5.41, 5.74) is 0.972. The van der Waals surface area contributed by atoms with Gasteiger partial charge in [0.25, 0.3) is 5.91 Å². The molecule has 21 heavy (non-hydrogen) atoms. The molecule has 0 N–H and O–H groups in total. The van der Waals surface area contributed by atoms with Crippen molar-refractivity contribution in [2.24, 2.45) is 0 Å². The number of fused-ring (bicyclic) bond motifs is 5. The van der Waals surface area contributed by atoms with Crippen LogP contribution in [0.5, 0.6) is 0 Å². The largest absolute Gasteiger partial charge is 0.325 e. The van der Waals surface area contributed by atoms with Gasteiger partial charge in [-0.25, -0.2) is 0 Å². The first kappa shape index (κ1) is 13.8. The van der Waals surface area contributed by atoms with Crippen molar-refractivity contribution in [3.63, 3.8) is 0 Å². The number of ketones is 1. The van der Waals surface area contributed by atoms with E-state index in [0.717, 1.165) is 5.56 Å². The smallest absolute Gasteiger partial charge is 0.254 e. The molecule has 2 bridgehead atoms. The molecule has 2 atom stereocenters. The average molecular weight is 286 g/mol. The Morgan fingerprint density at radius 2 is 1.81 bits per heavy atom. The fourth-order valence-electron chi connectivity index (χ4n) is 3.18. The molecule has 110 valence electrons. The highest BCUT2D eigenvalue weighted by Crippen LogP contribution is 2.27. The minimum absolute atomic E-state index is 0.122. The van der Waals surface area contributed by atoms with Crippen LogP contribution < -0.4 is 0 Å². The van der Waals surface area contributed by atoms with Crippen LogP contribution in [0, 0.1) is 0 Å². The molecule has 0 spiro atoms. The van der Waals surface area contributed by atoms with Crippen molar-refractivity contribution in [1.82, 2.24) is 9.80 Å². The summed E-state index contributed by atoms with van der Waals surface area (Å²) in [4.78, 5) is 40.1. The number of carbonyl (C=O) groups excluding carboxylic acids is 3. The van der Waals surface area contributed by atoms with E-state index in [-0.39, 0.29) is 17.6 Å². The van der Waals surface area contributed by atoms with Gasteiger partial charge in [-0.2, -0.15) is 0 Å². The van der Waals surface area contributed by atoms with Gasteiger partial charge in [0.2, 0.25) is 5.91 Å². The Morgan fingerprint density at radius 1 is 1.10 bits per heavy atom. The van der Waals surface area contributed by atoms with E-state index in [1.807, 2.05) is 30.3 Å². The lowest BCUT2D eigenvalue weighted by Crippen LogP contribution is -2.66. The molecule has 0 aromatic heterocycles. The molecule has 0 unspecified atom stereocenters. The normalized spacial score (nSPS) is 26.0.